The van der Waals surface area contributed by atoms with Crippen molar-refractivity contribution in [3.8, 4) is 0 Å². The summed E-state index contributed by atoms with van der Waals surface area (Å²) in [5.74, 6) is -28.5. The van der Waals surface area contributed by atoms with E-state index >= 15 is 0 Å². The van der Waals surface area contributed by atoms with Crippen LogP contribution in [0.2, 0.25) is 0 Å². The first kappa shape index (κ1) is 19.5. The number of carbonyl (C=O) groups excluding carboxylic acids is 1. The third-order valence-corrected chi connectivity index (χ3v) is 2.11. The maximum absolute atomic E-state index is 12.9. The van der Waals surface area contributed by atoms with Gasteiger partial charge < -0.3 is 4.74 Å². The molecule has 21 heavy (non-hydrogen) atoms. The van der Waals surface area contributed by atoms with Crippen LogP contribution in [0.5, 0.6) is 0 Å². The van der Waals surface area contributed by atoms with E-state index in [1.54, 1.807) is 0 Å². The van der Waals surface area contributed by atoms with E-state index in [-0.39, 0.29) is 6.08 Å². The molecule has 0 N–H and O–H groups in total. The van der Waals surface area contributed by atoms with Gasteiger partial charge in [-0.15, -0.1) is 0 Å². The molecule has 0 radical (unpaired) electrons. The highest BCUT2D eigenvalue weighted by Gasteiger charge is 2.83. The standard InChI is InChI=1S/C9H6F10O2/c1-2-4(20)21-3-6(12,13)8(16,17)9(18,19)7(14,15)5(10)11/h2,5H,1,3H2. The second kappa shape index (κ2) is 5.72. The van der Waals surface area contributed by atoms with E-state index in [4.69, 9.17) is 0 Å². The monoisotopic (exact) mass is 336 g/mol. The molecule has 0 aliphatic carbocycles. The average Bonchev–Trinajstić information content (AvgIpc) is 2.34. The average molecular weight is 336 g/mol. The van der Waals surface area contributed by atoms with Crippen molar-refractivity contribution in [1.29, 1.82) is 0 Å². The smallest absolute Gasteiger partial charge is 0.384 e. The molecule has 0 heterocycles. The Labute approximate surface area is 110 Å². The number of alkyl halides is 10. The minimum absolute atomic E-state index is 0.195. The number of rotatable bonds is 7. The molecule has 0 aromatic heterocycles. The highest BCUT2D eigenvalue weighted by Crippen LogP contribution is 2.54. The van der Waals surface area contributed by atoms with Gasteiger partial charge in [-0.05, 0) is 0 Å². The molecule has 0 aromatic carbocycles. The SMILES string of the molecule is C=CC(=O)OCC(F)(F)C(F)(F)C(F)(F)C(F)(F)C(F)F. The predicted molar refractivity (Wildman–Crippen MR) is 46.9 cm³/mol. The Morgan fingerprint density at radius 3 is 1.76 bits per heavy atom. The van der Waals surface area contributed by atoms with Crippen LogP contribution in [0.15, 0.2) is 12.7 Å². The van der Waals surface area contributed by atoms with Gasteiger partial charge >= 0.3 is 36.1 Å². The lowest BCUT2D eigenvalue weighted by molar-refractivity contribution is -0.386. The van der Waals surface area contributed by atoms with Crippen LogP contribution in [0, 0.1) is 0 Å². The van der Waals surface area contributed by atoms with Gasteiger partial charge in [0.25, 0.3) is 0 Å². The molecule has 0 saturated carbocycles. The van der Waals surface area contributed by atoms with E-state index < -0.39 is 42.7 Å². The third kappa shape index (κ3) is 3.23. The Morgan fingerprint density at radius 2 is 1.43 bits per heavy atom. The maximum Gasteiger partial charge on any atom is 0.384 e. The largest absolute Gasteiger partial charge is 0.456 e. The van der Waals surface area contributed by atoms with E-state index in [0.717, 1.165) is 0 Å². The van der Waals surface area contributed by atoms with E-state index in [2.05, 4.69) is 11.3 Å². The fraction of sp³-hybridized carbons (Fsp3) is 0.667. The van der Waals surface area contributed by atoms with E-state index in [9.17, 15) is 48.7 Å². The van der Waals surface area contributed by atoms with Crippen LogP contribution in [0.1, 0.15) is 0 Å². The van der Waals surface area contributed by atoms with Crippen molar-refractivity contribution in [2.24, 2.45) is 0 Å². The minimum atomic E-state index is -7.10. The quantitative estimate of drug-likeness (QED) is 0.404. The molecular formula is C9H6F10O2. The van der Waals surface area contributed by atoms with Gasteiger partial charge in [-0.2, -0.15) is 35.1 Å². The molecule has 0 rings (SSSR count). The van der Waals surface area contributed by atoms with Gasteiger partial charge in [-0.1, -0.05) is 6.58 Å². The second-order valence-corrected chi connectivity index (χ2v) is 3.59. The summed E-state index contributed by atoms with van der Waals surface area (Å²) in [6.45, 7) is -0.0759. The first-order valence-electron chi connectivity index (χ1n) is 4.73. The van der Waals surface area contributed by atoms with Crippen LogP contribution in [0.4, 0.5) is 43.9 Å². The third-order valence-electron chi connectivity index (χ3n) is 2.11. The van der Waals surface area contributed by atoms with Crippen LogP contribution in [-0.4, -0.2) is 42.7 Å². The summed E-state index contributed by atoms with van der Waals surface area (Å²) >= 11 is 0. The molecule has 0 aliphatic heterocycles. The van der Waals surface area contributed by atoms with Crippen molar-refractivity contribution >= 4 is 5.97 Å². The van der Waals surface area contributed by atoms with Gasteiger partial charge in [0.1, 0.15) is 0 Å². The Bertz CT molecular complexity index is 403. The number of carbonyl (C=O) groups is 1. The van der Waals surface area contributed by atoms with Gasteiger partial charge in [-0.25, -0.2) is 13.6 Å². The molecule has 2 nitrogen and oxygen atoms in total. The maximum atomic E-state index is 12.9. The summed E-state index contributed by atoms with van der Waals surface area (Å²) in [6.07, 6.45) is -5.13. The van der Waals surface area contributed by atoms with Crippen molar-refractivity contribution in [1.82, 2.24) is 0 Å². The number of esters is 1. The Morgan fingerprint density at radius 1 is 1.00 bits per heavy atom. The molecule has 12 heteroatoms. The first-order chi connectivity index (χ1) is 9.15. The summed E-state index contributed by atoms with van der Waals surface area (Å²) in [5.41, 5.74) is 0. The summed E-state index contributed by atoms with van der Waals surface area (Å²) < 4.78 is 128. The molecule has 0 atom stereocenters. The lowest BCUT2D eigenvalue weighted by atomic mass is 9.99. The van der Waals surface area contributed by atoms with E-state index in [0.29, 0.717) is 0 Å². The number of hydrogen-bond acceptors (Lipinski definition) is 2. The van der Waals surface area contributed by atoms with Gasteiger partial charge in [0.2, 0.25) is 0 Å². The van der Waals surface area contributed by atoms with Gasteiger partial charge in [0.15, 0.2) is 6.61 Å². The van der Waals surface area contributed by atoms with E-state index in [1.165, 1.54) is 0 Å². The zero-order valence-electron chi connectivity index (χ0n) is 9.67. The molecule has 0 amide bonds. The van der Waals surface area contributed by atoms with Gasteiger partial charge in [0.05, 0.1) is 0 Å². The van der Waals surface area contributed by atoms with Crippen LogP contribution in [0.3, 0.4) is 0 Å². The van der Waals surface area contributed by atoms with Crippen molar-refractivity contribution in [3.63, 3.8) is 0 Å². The van der Waals surface area contributed by atoms with E-state index in [1.807, 2.05) is 0 Å². The lowest BCUT2D eigenvalue weighted by Crippen LogP contribution is -2.65. The highest BCUT2D eigenvalue weighted by molar-refractivity contribution is 5.81. The molecule has 0 aromatic rings. The van der Waals surface area contributed by atoms with Crippen molar-refractivity contribution < 1.29 is 53.4 Å². The lowest BCUT2D eigenvalue weighted by Gasteiger charge is -2.35. The predicted octanol–water partition coefficient (Wildman–Crippen LogP) is 3.52. The molecule has 124 valence electrons. The topological polar surface area (TPSA) is 26.3 Å². The van der Waals surface area contributed by atoms with Crippen LogP contribution >= 0.6 is 0 Å². The Hall–Kier alpha value is -1.49. The van der Waals surface area contributed by atoms with Crippen molar-refractivity contribution in [3.05, 3.63) is 12.7 Å². The second-order valence-electron chi connectivity index (χ2n) is 3.59. The molecule has 0 aliphatic rings. The first-order valence-corrected chi connectivity index (χ1v) is 4.73. The minimum Gasteiger partial charge on any atom is -0.456 e. The Kier molecular flexibility index (Phi) is 5.31. The normalized spacial score (nSPS) is 14.2. The van der Waals surface area contributed by atoms with Gasteiger partial charge in [-0.3, -0.25) is 0 Å². The molecule has 0 bridgehead atoms. The molecule has 0 fully saturated rings. The summed E-state index contributed by atoms with van der Waals surface area (Å²) in [7, 11) is 0. The summed E-state index contributed by atoms with van der Waals surface area (Å²) in [5, 5.41) is 0. The highest BCUT2D eigenvalue weighted by atomic mass is 19.4. The zero-order valence-corrected chi connectivity index (χ0v) is 9.67. The zero-order chi connectivity index (χ0) is 17.3. The van der Waals surface area contributed by atoms with Crippen LogP contribution < -0.4 is 0 Å². The van der Waals surface area contributed by atoms with Crippen molar-refractivity contribution in [2.75, 3.05) is 6.61 Å². The molecule has 0 saturated heterocycles. The number of hydrogen-bond donors (Lipinski definition) is 0. The molecule has 0 spiro atoms. The molecule has 0 unspecified atom stereocenters. The number of halogens is 10. The fourth-order valence-corrected chi connectivity index (χ4v) is 0.887. The van der Waals surface area contributed by atoms with Crippen LogP contribution in [0.25, 0.3) is 0 Å². The summed E-state index contributed by atoms with van der Waals surface area (Å²) in [6, 6.07) is 0. The van der Waals surface area contributed by atoms with Crippen molar-refractivity contribution in [2.45, 2.75) is 30.1 Å². The Balaban J connectivity index is 5.51. The fourth-order valence-electron chi connectivity index (χ4n) is 0.887. The summed E-state index contributed by atoms with van der Waals surface area (Å²) in [4.78, 5) is 10.4. The van der Waals surface area contributed by atoms with Crippen LogP contribution in [-0.2, 0) is 9.53 Å². The number of ether oxygens (including phenoxy) is 1. The molecular weight excluding hydrogens is 330 g/mol. The van der Waals surface area contributed by atoms with Gasteiger partial charge in [0, 0.05) is 6.08 Å².